The summed E-state index contributed by atoms with van der Waals surface area (Å²) in [4.78, 5) is 0. The van der Waals surface area contributed by atoms with Crippen molar-refractivity contribution in [3.8, 4) is 23.0 Å². The fourth-order valence-corrected chi connectivity index (χ4v) is 2.62. The molecule has 3 heteroatoms. The molecule has 3 rings (SSSR count). The summed E-state index contributed by atoms with van der Waals surface area (Å²) >= 11 is 0. The van der Waals surface area contributed by atoms with E-state index < -0.39 is 0 Å². The van der Waals surface area contributed by atoms with Crippen LogP contribution in [-0.2, 0) is 0 Å². The van der Waals surface area contributed by atoms with Crippen LogP contribution in [0, 0.1) is 0 Å². The summed E-state index contributed by atoms with van der Waals surface area (Å²) < 4.78 is 17.8. The Bertz CT molecular complexity index is 812. The second-order valence-electron chi connectivity index (χ2n) is 5.89. The monoisotopic (exact) mass is 336 g/mol. The van der Waals surface area contributed by atoms with Crippen LogP contribution in [0.2, 0.25) is 0 Å². The van der Waals surface area contributed by atoms with Gasteiger partial charge in [-0.25, -0.2) is 0 Å². The van der Waals surface area contributed by atoms with E-state index in [1.807, 2.05) is 54.6 Å². The molecule has 0 spiro atoms. The topological polar surface area (TPSA) is 27.7 Å². The lowest BCUT2D eigenvalue weighted by Crippen LogP contribution is -1.99. The van der Waals surface area contributed by atoms with E-state index in [0.717, 1.165) is 53.2 Å². The summed E-state index contributed by atoms with van der Waals surface area (Å²) in [6, 6.07) is 19.9. The van der Waals surface area contributed by atoms with Gasteiger partial charge in [-0.3, -0.25) is 0 Å². The normalized spacial score (nSPS) is 10.6. The highest BCUT2D eigenvalue weighted by Crippen LogP contribution is 2.39. The molecule has 0 radical (unpaired) electrons. The van der Waals surface area contributed by atoms with Gasteiger partial charge in [0.2, 0.25) is 0 Å². The predicted octanol–water partition coefficient (Wildman–Crippen LogP) is 6.21. The van der Waals surface area contributed by atoms with Gasteiger partial charge in [-0.05, 0) is 54.6 Å². The molecule has 0 unspecified atom stereocenters. The van der Waals surface area contributed by atoms with Crippen LogP contribution in [0.4, 0.5) is 0 Å². The molecular formula is C22H24O3. The summed E-state index contributed by atoms with van der Waals surface area (Å²) in [5, 5.41) is 2.12. The van der Waals surface area contributed by atoms with Gasteiger partial charge in [-0.2, -0.15) is 0 Å². The second-order valence-corrected chi connectivity index (χ2v) is 5.89. The van der Waals surface area contributed by atoms with Gasteiger partial charge in [0.1, 0.15) is 11.5 Å². The van der Waals surface area contributed by atoms with E-state index >= 15 is 0 Å². The van der Waals surface area contributed by atoms with E-state index in [-0.39, 0.29) is 0 Å². The molecule has 0 fully saturated rings. The number of fused-ring (bicyclic) bond motifs is 1. The van der Waals surface area contributed by atoms with Crippen LogP contribution in [0.5, 0.6) is 23.0 Å². The lowest BCUT2D eigenvalue weighted by molar-refractivity contribution is 0.305. The van der Waals surface area contributed by atoms with Crippen LogP contribution in [0.3, 0.4) is 0 Å². The van der Waals surface area contributed by atoms with Gasteiger partial charge < -0.3 is 14.2 Å². The smallest absolute Gasteiger partial charge is 0.169 e. The van der Waals surface area contributed by atoms with Gasteiger partial charge in [0, 0.05) is 5.39 Å². The van der Waals surface area contributed by atoms with Gasteiger partial charge >= 0.3 is 0 Å². The van der Waals surface area contributed by atoms with Crippen LogP contribution in [0.1, 0.15) is 26.7 Å². The van der Waals surface area contributed by atoms with E-state index in [1.165, 1.54) is 0 Å². The van der Waals surface area contributed by atoms with Gasteiger partial charge in [-0.1, -0.05) is 38.1 Å². The lowest BCUT2D eigenvalue weighted by Gasteiger charge is -2.15. The zero-order valence-electron chi connectivity index (χ0n) is 14.8. The van der Waals surface area contributed by atoms with Gasteiger partial charge in [0.15, 0.2) is 11.5 Å². The maximum atomic E-state index is 6.05. The van der Waals surface area contributed by atoms with Crippen molar-refractivity contribution < 1.29 is 14.2 Å². The van der Waals surface area contributed by atoms with Crippen molar-refractivity contribution in [3.63, 3.8) is 0 Å². The summed E-state index contributed by atoms with van der Waals surface area (Å²) in [5.74, 6) is 3.19. The maximum Gasteiger partial charge on any atom is 0.169 e. The molecule has 130 valence electrons. The third kappa shape index (κ3) is 4.24. The molecule has 0 saturated heterocycles. The van der Waals surface area contributed by atoms with E-state index in [1.54, 1.807) is 0 Å². The Kier molecular flexibility index (Phi) is 5.78. The average molecular weight is 336 g/mol. The maximum absolute atomic E-state index is 6.05. The molecule has 3 nitrogen and oxygen atoms in total. The summed E-state index contributed by atoms with van der Waals surface area (Å²) in [6.07, 6.45) is 1.94. The Balaban J connectivity index is 1.98. The highest BCUT2D eigenvalue weighted by Gasteiger charge is 2.12. The number of rotatable bonds is 8. The van der Waals surface area contributed by atoms with E-state index in [9.17, 15) is 0 Å². The zero-order valence-corrected chi connectivity index (χ0v) is 14.8. The van der Waals surface area contributed by atoms with E-state index in [4.69, 9.17) is 14.2 Å². The molecule has 0 bridgehead atoms. The Labute approximate surface area is 149 Å². The lowest BCUT2D eigenvalue weighted by atomic mass is 10.1. The van der Waals surface area contributed by atoms with Crippen LogP contribution in [0.15, 0.2) is 60.7 Å². The quantitative estimate of drug-likeness (QED) is 0.489. The van der Waals surface area contributed by atoms with Gasteiger partial charge in [0.25, 0.3) is 0 Å². The van der Waals surface area contributed by atoms with E-state index in [0.29, 0.717) is 6.61 Å². The van der Waals surface area contributed by atoms with Crippen molar-refractivity contribution in [2.45, 2.75) is 26.7 Å². The fourth-order valence-electron chi connectivity index (χ4n) is 2.62. The summed E-state index contributed by atoms with van der Waals surface area (Å²) in [7, 11) is 0. The fraction of sp³-hybridized carbons (Fsp3) is 0.273. The minimum Gasteiger partial charge on any atom is -0.494 e. The molecule has 0 saturated carbocycles. The third-order valence-electron chi connectivity index (χ3n) is 3.80. The molecular weight excluding hydrogens is 312 g/mol. The van der Waals surface area contributed by atoms with Gasteiger partial charge in [-0.15, -0.1) is 0 Å². The first-order valence-electron chi connectivity index (χ1n) is 8.87. The molecule has 0 aromatic heterocycles. The molecule has 25 heavy (non-hydrogen) atoms. The van der Waals surface area contributed by atoms with Crippen LogP contribution in [0.25, 0.3) is 10.8 Å². The molecule has 0 aliphatic carbocycles. The molecule has 0 N–H and O–H groups in total. The SMILES string of the molecule is CCCOc1ccc2c(OCCC)c(Oc3ccccc3)ccc2c1. The highest BCUT2D eigenvalue weighted by atomic mass is 16.5. The largest absolute Gasteiger partial charge is 0.494 e. The first kappa shape index (κ1) is 17.2. The number of benzene rings is 3. The van der Waals surface area contributed by atoms with Gasteiger partial charge in [0.05, 0.1) is 13.2 Å². The minimum absolute atomic E-state index is 0.651. The second kappa shape index (κ2) is 8.43. The number of hydrogen-bond acceptors (Lipinski definition) is 3. The molecule has 0 aliphatic rings. The number of hydrogen-bond donors (Lipinski definition) is 0. The third-order valence-corrected chi connectivity index (χ3v) is 3.80. The van der Waals surface area contributed by atoms with Crippen molar-refractivity contribution in [1.29, 1.82) is 0 Å². The highest BCUT2D eigenvalue weighted by molar-refractivity contribution is 5.91. The van der Waals surface area contributed by atoms with Crippen LogP contribution < -0.4 is 14.2 Å². The minimum atomic E-state index is 0.651. The molecule has 0 atom stereocenters. The molecule has 0 aliphatic heterocycles. The zero-order chi connectivity index (χ0) is 17.5. The Hall–Kier alpha value is -2.68. The Morgan fingerprint density at radius 2 is 1.48 bits per heavy atom. The number of para-hydroxylation sites is 1. The van der Waals surface area contributed by atoms with Crippen molar-refractivity contribution in [2.75, 3.05) is 13.2 Å². The molecule has 3 aromatic rings. The summed E-state index contributed by atoms with van der Waals surface area (Å²) in [5.41, 5.74) is 0. The van der Waals surface area contributed by atoms with Crippen molar-refractivity contribution in [2.24, 2.45) is 0 Å². The van der Waals surface area contributed by atoms with Crippen LogP contribution >= 0.6 is 0 Å². The Morgan fingerprint density at radius 1 is 0.720 bits per heavy atom. The van der Waals surface area contributed by atoms with E-state index in [2.05, 4.69) is 19.9 Å². The Morgan fingerprint density at radius 3 is 2.24 bits per heavy atom. The first-order valence-corrected chi connectivity index (χ1v) is 8.87. The number of ether oxygens (including phenoxy) is 3. The molecule has 0 heterocycles. The van der Waals surface area contributed by atoms with Crippen molar-refractivity contribution in [3.05, 3.63) is 60.7 Å². The predicted molar refractivity (Wildman–Crippen MR) is 102 cm³/mol. The molecule has 3 aromatic carbocycles. The first-order chi connectivity index (χ1) is 12.3. The summed E-state index contributed by atoms with van der Waals surface area (Å²) in [6.45, 7) is 5.57. The molecule has 0 amide bonds. The van der Waals surface area contributed by atoms with Crippen LogP contribution in [-0.4, -0.2) is 13.2 Å². The average Bonchev–Trinajstić information content (AvgIpc) is 2.66. The standard InChI is InChI=1S/C22H24O3/c1-3-14-23-19-11-12-20-17(16-19)10-13-21(22(20)24-15-4-2)25-18-8-6-5-7-9-18/h5-13,16H,3-4,14-15H2,1-2H3. The van der Waals surface area contributed by atoms with Crippen molar-refractivity contribution >= 4 is 10.8 Å². The van der Waals surface area contributed by atoms with Crippen molar-refractivity contribution in [1.82, 2.24) is 0 Å².